The highest BCUT2D eigenvalue weighted by molar-refractivity contribution is 9.11. The fraction of sp³-hybridized carbons (Fsp3) is 0.107. The van der Waals surface area contributed by atoms with Gasteiger partial charge in [0.05, 0.1) is 17.5 Å². The number of halogens is 2. The topological polar surface area (TPSA) is 107 Å². The van der Waals surface area contributed by atoms with Crippen LogP contribution in [-0.2, 0) is 9.53 Å². The van der Waals surface area contributed by atoms with E-state index in [1.165, 1.54) is 6.08 Å². The number of nitrogens with zero attached hydrogens (tertiary/aromatic N) is 2. The van der Waals surface area contributed by atoms with E-state index in [4.69, 9.17) is 9.47 Å². The molecule has 1 amide bonds. The molecule has 1 N–H and O–H groups in total. The van der Waals surface area contributed by atoms with Crippen molar-refractivity contribution in [2.24, 2.45) is 0 Å². The number of nitrogens with one attached hydrogen (secondary N) is 1. The Kier molecular flexibility index (Phi) is 8.98. The van der Waals surface area contributed by atoms with Crippen molar-refractivity contribution in [1.29, 1.82) is 0 Å². The molecule has 10 heteroatoms. The van der Waals surface area contributed by atoms with Gasteiger partial charge in [-0.1, -0.05) is 52.3 Å². The van der Waals surface area contributed by atoms with Crippen molar-refractivity contribution in [2.45, 2.75) is 6.92 Å². The van der Waals surface area contributed by atoms with Crippen molar-refractivity contribution in [3.8, 4) is 5.88 Å². The van der Waals surface area contributed by atoms with E-state index in [1.807, 2.05) is 6.07 Å². The van der Waals surface area contributed by atoms with E-state index in [9.17, 15) is 14.4 Å². The molecule has 0 atom stereocenters. The van der Waals surface area contributed by atoms with E-state index in [0.29, 0.717) is 32.2 Å². The van der Waals surface area contributed by atoms with Crippen molar-refractivity contribution < 1.29 is 23.9 Å². The second kappa shape index (κ2) is 12.6. The van der Waals surface area contributed by atoms with Crippen LogP contribution >= 0.6 is 31.9 Å². The maximum atomic E-state index is 13.1. The maximum absolute atomic E-state index is 13.1. The van der Waals surface area contributed by atoms with Gasteiger partial charge in [-0.15, -0.1) is 0 Å². The number of allylic oxidation sites excluding steroid dienone is 1. The number of rotatable bonds is 9. The molecular weight excluding hydrogens is 618 g/mol. The Balaban J connectivity index is 1.62. The van der Waals surface area contributed by atoms with Gasteiger partial charge in [-0.3, -0.25) is 9.59 Å². The summed E-state index contributed by atoms with van der Waals surface area (Å²) in [6.45, 7) is 1.54. The average Bonchev–Trinajstić information content (AvgIpc) is 2.91. The number of anilines is 1. The van der Waals surface area contributed by atoms with Gasteiger partial charge in [0, 0.05) is 20.2 Å². The first-order valence-electron chi connectivity index (χ1n) is 11.5. The molecular formula is C28H21Br2N3O5. The van der Waals surface area contributed by atoms with E-state index in [1.54, 1.807) is 73.7 Å². The van der Waals surface area contributed by atoms with Crippen molar-refractivity contribution >= 4 is 72.2 Å². The highest BCUT2D eigenvalue weighted by Gasteiger charge is 2.17. The van der Waals surface area contributed by atoms with Gasteiger partial charge in [0.15, 0.2) is 6.61 Å². The lowest BCUT2D eigenvalue weighted by Crippen LogP contribution is -2.16. The molecule has 0 unspecified atom stereocenters. The molecule has 4 rings (SSSR count). The third kappa shape index (κ3) is 6.70. The smallest absolute Gasteiger partial charge is 0.344 e. The van der Waals surface area contributed by atoms with Crippen LogP contribution in [0.15, 0.2) is 81.8 Å². The predicted octanol–water partition coefficient (Wildman–Crippen LogP) is 6.25. The highest BCUT2D eigenvalue weighted by Crippen LogP contribution is 2.32. The van der Waals surface area contributed by atoms with Crippen LogP contribution in [0.5, 0.6) is 5.88 Å². The van der Waals surface area contributed by atoms with Gasteiger partial charge in [0.2, 0.25) is 17.5 Å². The van der Waals surface area contributed by atoms with Gasteiger partial charge < -0.3 is 14.8 Å². The lowest BCUT2D eigenvalue weighted by atomic mass is 10.1. The number of hydrogen-bond acceptors (Lipinski definition) is 7. The molecule has 8 nitrogen and oxygen atoms in total. The van der Waals surface area contributed by atoms with Crippen molar-refractivity contribution in [3.05, 3.63) is 98.7 Å². The van der Waals surface area contributed by atoms with E-state index in [0.717, 1.165) is 4.47 Å². The Bertz CT molecular complexity index is 1540. The summed E-state index contributed by atoms with van der Waals surface area (Å²) in [6.07, 6.45) is 2.89. The number of carbonyl (C=O) groups excluding carboxylic acids is 3. The van der Waals surface area contributed by atoms with E-state index < -0.39 is 11.8 Å². The van der Waals surface area contributed by atoms with Gasteiger partial charge >= 0.3 is 5.97 Å². The number of esters is 1. The van der Waals surface area contributed by atoms with Crippen LogP contribution in [0.4, 0.5) is 5.69 Å². The Morgan fingerprint density at radius 1 is 0.974 bits per heavy atom. The van der Waals surface area contributed by atoms with Crippen LogP contribution in [0.2, 0.25) is 0 Å². The Morgan fingerprint density at radius 2 is 1.71 bits per heavy atom. The standard InChI is InChI=1S/C28H21Br2N3O5/c1-2-37-24(35)16-38-28-20-14-19(29)15-21(30)25(20)32-26(33-28)23(34)13-12-17-8-6-7-11-22(17)31-27(36)18-9-4-3-5-10-18/h3-15H,2,16H2,1H3,(H,31,36)/b13-12+. The first kappa shape index (κ1) is 27.2. The number of carbonyl (C=O) groups is 3. The first-order chi connectivity index (χ1) is 18.4. The first-order valence-corrected chi connectivity index (χ1v) is 13.1. The normalized spacial score (nSPS) is 10.9. The van der Waals surface area contributed by atoms with Gasteiger partial charge in [-0.2, -0.15) is 4.98 Å². The van der Waals surface area contributed by atoms with Crippen molar-refractivity contribution in [1.82, 2.24) is 9.97 Å². The minimum atomic E-state index is -0.560. The molecule has 3 aromatic carbocycles. The Labute approximate surface area is 235 Å². The third-order valence-corrected chi connectivity index (χ3v) is 6.26. The molecule has 1 aromatic heterocycles. The zero-order valence-corrected chi connectivity index (χ0v) is 23.3. The number of ketones is 1. The summed E-state index contributed by atoms with van der Waals surface area (Å²) in [4.78, 5) is 46.3. The fourth-order valence-electron chi connectivity index (χ4n) is 3.46. The molecule has 38 heavy (non-hydrogen) atoms. The largest absolute Gasteiger partial charge is 0.465 e. The molecule has 0 saturated carbocycles. The second-order valence-corrected chi connectivity index (χ2v) is 9.60. The number of hydrogen-bond donors (Lipinski definition) is 1. The molecule has 192 valence electrons. The summed E-state index contributed by atoms with van der Waals surface area (Å²) in [6, 6.07) is 19.4. The highest BCUT2D eigenvalue weighted by atomic mass is 79.9. The van der Waals surface area contributed by atoms with E-state index in [2.05, 4.69) is 47.1 Å². The molecule has 0 aliphatic rings. The minimum absolute atomic E-state index is 0.0670. The maximum Gasteiger partial charge on any atom is 0.344 e. The summed E-state index contributed by atoms with van der Waals surface area (Å²) in [5.41, 5.74) is 2.11. The summed E-state index contributed by atoms with van der Waals surface area (Å²) >= 11 is 6.88. The SMILES string of the molecule is CCOC(=O)COc1nc(C(=O)/C=C/c2ccccc2NC(=O)c2ccccc2)nc2c(Br)cc(Br)cc12. The van der Waals surface area contributed by atoms with Crippen molar-refractivity contribution in [3.63, 3.8) is 0 Å². The molecule has 0 bridgehead atoms. The summed E-state index contributed by atoms with van der Waals surface area (Å²) in [5.74, 6) is -1.38. The van der Waals surface area contributed by atoms with Crippen LogP contribution in [0.3, 0.4) is 0 Å². The zero-order chi connectivity index (χ0) is 27.1. The summed E-state index contributed by atoms with van der Waals surface area (Å²) < 4.78 is 11.9. The van der Waals surface area contributed by atoms with Gasteiger partial charge in [0.1, 0.15) is 0 Å². The number of benzene rings is 3. The fourth-order valence-corrected chi connectivity index (χ4v) is 4.77. The Hall–Kier alpha value is -3.89. The number of ether oxygens (including phenoxy) is 2. The quantitative estimate of drug-likeness (QED) is 0.131. The average molecular weight is 639 g/mol. The van der Waals surface area contributed by atoms with Crippen LogP contribution in [-0.4, -0.2) is 40.8 Å². The molecule has 0 fully saturated rings. The Morgan fingerprint density at radius 3 is 2.47 bits per heavy atom. The minimum Gasteiger partial charge on any atom is -0.465 e. The number of para-hydroxylation sites is 1. The van der Waals surface area contributed by atoms with Gasteiger partial charge in [-0.25, -0.2) is 9.78 Å². The van der Waals surface area contributed by atoms with Gasteiger partial charge in [0.25, 0.3) is 5.91 Å². The summed E-state index contributed by atoms with van der Waals surface area (Å²) in [5, 5.41) is 3.37. The van der Waals surface area contributed by atoms with Crippen LogP contribution < -0.4 is 10.1 Å². The number of fused-ring (bicyclic) bond motifs is 1. The lowest BCUT2D eigenvalue weighted by Gasteiger charge is -2.11. The van der Waals surface area contributed by atoms with Crippen LogP contribution in [0, 0.1) is 0 Å². The molecule has 0 aliphatic carbocycles. The van der Waals surface area contributed by atoms with E-state index >= 15 is 0 Å². The van der Waals surface area contributed by atoms with Crippen molar-refractivity contribution in [2.75, 3.05) is 18.5 Å². The van der Waals surface area contributed by atoms with E-state index in [-0.39, 0.29) is 30.8 Å². The van der Waals surface area contributed by atoms with Gasteiger partial charge in [-0.05, 0) is 70.9 Å². The predicted molar refractivity (Wildman–Crippen MR) is 151 cm³/mol. The molecule has 4 aromatic rings. The molecule has 0 saturated heterocycles. The summed E-state index contributed by atoms with van der Waals surface area (Å²) in [7, 11) is 0. The number of aromatic nitrogens is 2. The second-order valence-electron chi connectivity index (χ2n) is 7.83. The molecule has 0 aliphatic heterocycles. The molecule has 0 radical (unpaired) electrons. The van der Waals surface area contributed by atoms with Crippen LogP contribution in [0.1, 0.15) is 33.5 Å². The molecule has 0 spiro atoms. The lowest BCUT2D eigenvalue weighted by molar-refractivity contribution is -0.145. The zero-order valence-electron chi connectivity index (χ0n) is 20.1. The number of amides is 1. The third-order valence-electron chi connectivity index (χ3n) is 5.20. The van der Waals surface area contributed by atoms with Crippen LogP contribution in [0.25, 0.3) is 17.0 Å². The monoisotopic (exact) mass is 637 g/mol. The molecule has 1 heterocycles.